The zero-order chi connectivity index (χ0) is 13.4. The number of aromatic nitrogens is 2. The molecule has 19 heavy (non-hydrogen) atoms. The quantitative estimate of drug-likeness (QED) is 0.838. The number of rotatable bonds is 1. The Labute approximate surface area is 108 Å². The number of carbonyl (C=O) groups is 1. The maximum Gasteiger partial charge on any atom is 0.257 e. The van der Waals surface area contributed by atoms with Crippen LogP contribution in [0.2, 0.25) is 0 Å². The third-order valence-corrected chi connectivity index (χ3v) is 3.07. The zero-order valence-corrected chi connectivity index (χ0v) is 10.0. The van der Waals surface area contributed by atoms with E-state index in [0.29, 0.717) is 13.1 Å². The molecule has 0 bridgehead atoms. The largest absolute Gasteiger partial charge is 0.368 e. The summed E-state index contributed by atoms with van der Waals surface area (Å²) >= 11 is 0. The van der Waals surface area contributed by atoms with Crippen LogP contribution in [0.3, 0.4) is 0 Å². The first-order valence-electron chi connectivity index (χ1n) is 5.79. The Morgan fingerprint density at radius 2 is 2.11 bits per heavy atom. The topological polar surface area (TPSA) is 72.1 Å². The fourth-order valence-electron chi connectivity index (χ4n) is 2.12. The van der Waals surface area contributed by atoms with Crippen LogP contribution in [0.5, 0.6) is 0 Å². The number of hydrogen-bond donors (Lipinski definition) is 1. The van der Waals surface area contributed by atoms with Crippen LogP contribution < -0.4 is 5.73 Å². The molecule has 1 amide bonds. The van der Waals surface area contributed by atoms with E-state index in [2.05, 4.69) is 9.97 Å². The predicted molar refractivity (Wildman–Crippen MR) is 66.4 cm³/mol. The van der Waals surface area contributed by atoms with Crippen LogP contribution in [0.15, 0.2) is 30.5 Å². The van der Waals surface area contributed by atoms with E-state index < -0.39 is 5.82 Å². The molecule has 1 aromatic carbocycles. The number of nitrogens with zero attached hydrogens (tertiary/aromatic N) is 3. The molecule has 0 aliphatic carbocycles. The van der Waals surface area contributed by atoms with Gasteiger partial charge < -0.3 is 10.6 Å². The highest BCUT2D eigenvalue weighted by Gasteiger charge is 2.27. The molecule has 0 atom stereocenters. The molecule has 0 unspecified atom stereocenters. The van der Waals surface area contributed by atoms with Gasteiger partial charge >= 0.3 is 0 Å². The van der Waals surface area contributed by atoms with Gasteiger partial charge in [0.15, 0.2) is 0 Å². The van der Waals surface area contributed by atoms with Crippen molar-refractivity contribution >= 4 is 11.9 Å². The molecule has 0 spiro atoms. The van der Waals surface area contributed by atoms with Gasteiger partial charge in [-0.2, -0.15) is 0 Å². The van der Waals surface area contributed by atoms with Crippen LogP contribution in [0, 0.1) is 5.82 Å². The van der Waals surface area contributed by atoms with E-state index in [1.54, 1.807) is 18.3 Å². The highest BCUT2D eigenvalue weighted by atomic mass is 19.1. The van der Waals surface area contributed by atoms with Crippen molar-refractivity contribution in [1.29, 1.82) is 0 Å². The maximum absolute atomic E-state index is 13.6. The Balaban J connectivity index is 1.87. The van der Waals surface area contributed by atoms with Gasteiger partial charge in [-0.1, -0.05) is 12.1 Å². The fraction of sp³-hybridized carbons (Fsp3) is 0.154. The van der Waals surface area contributed by atoms with Crippen molar-refractivity contribution in [3.05, 3.63) is 53.1 Å². The molecule has 0 radical (unpaired) electrons. The summed E-state index contributed by atoms with van der Waals surface area (Å²) in [5.74, 6) is -0.692. The minimum absolute atomic E-state index is 0.0660. The SMILES string of the molecule is Nc1ncc2c(n1)CN(C(=O)c1ccccc1F)C2. The Morgan fingerprint density at radius 1 is 1.32 bits per heavy atom. The number of hydrogen-bond acceptors (Lipinski definition) is 4. The van der Waals surface area contributed by atoms with E-state index in [1.807, 2.05) is 0 Å². The Bertz CT molecular complexity index is 659. The van der Waals surface area contributed by atoms with Crippen LogP contribution in [0.25, 0.3) is 0 Å². The summed E-state index contributed by atoms with van der Waals surface area (Å²) in [5.41, 5.74) is 7.13. The van der Waals surface area contributed by atoms with Gasteiger partial charge in [-0.15, -0.1) is 0 Å². The van der Waals surface area contributed by atoms with E-state index in [4.69, 9.17) is 5.73 Å². The Kier molecular flexibility index (Phi) is 2.63. The third-order valence-electron chi connectivity index (χ3n) is 3.07. The average Bonchev–Trinajstić information content (AvgIpc) is 2.81. The van der Waals surface area contributed by atoms with Crippen LogP contribution >= 0.6 is 0 Å². The molecule has 96 valence electrons. The maximum atomic E-state index is 13.6. The van der Waals surface area contributed by atoms with Crippen LogP contribution in [-0.2, 0) is 13.1 Å². The highest BCUT2D eigenvalue weighted by Crippen LogP contribution is 2.23. The second-order valence-electron chi connectivity index (χ2n) is 4.34. The first-order valence-corrected chi connectivity index (χ1v) is 5.79. The molecule has 0 saturated carbocycles. The summed E-state index contributed by atoms with van der Waals surface area (Å²) in [4.78, 5) is 21.7. The summed E-state index contributed by atoms with van der Waals surface area (Å²) in [6.45, 7) is 0.706. The van der Waals surface area contributed by atoms with E-state index in [1.165, 1.54) is 17.0 Å². The number of fused-ring (bicyclic) bond motifs is 1. The molecule has 2 aromatic rings. The minimum Gasteiger partial charge on any atom is -0.368 e. The molecule has 2 N–H and O–H groups in total. The molecular weight excluding hydrogens is 247 g/mol. The second-order valence-corrected chi connectivity index (χ2v) is 4.34. The summed E-state index contributed by atoms with van der Waals surface area (Å²) in [6, 6.07) is 5.93. The Hall–Kier alpha value is -2.50. The summed E-state index contributed by atoms with van der Waals surface area (Å²) in [7, 11) is 0. The molecule has 1 aliphatic heterocycles. The van der Waals surface area contributed by atoms with E-state index in [-0.39, 0.29) is 17.4 Å². The van der Waals surface area contributed by atoms with Crippen molar-refractivity contribution in [2.24, 2.45) is 0 Å². The summed E-state index contributed by atoms with van der Waals surface area (Å²) in [5, 5.41) is 0. The average molecular weight is 258 g/mol. The van der Waals surface area contributed by atoms with E-state index in [0.717, 1.165) is 11.3 Å². The van der Waals surface area contributed by atoms with Crippen molar-refractivity contribution in [2.75, 3.05) is 5.73 Å². The molecular formula is C13H11FN4O. The lowest BCUT2D eigenvalue weighted by atomic mass is 10.2. The summed E-state index contributed by atoms with van der Waals surface area (Å²) in [6.07, 6.45) is 1.60. The number of amides is 1. The van der Waals surface area contributed by atoms with Crippen molar-refractivity contribution in [1.82, 2.24) is 14.9 Å². The smallest absolute Gasteiger partial charge is 0.257 e. The number of anilines is 1. The lowest BCUT2D eigenvalue weighted by molar-refractivity contribution is 0.0745. The van der Waals surface area contributed by atoms with Crippen molar-refractivity contribution < 1.29 is 9.18 Å². The first-order chi connectivity index (χ1) is 9.15. The molecule has 3 rings (SSSR count). The lowest BCUT2D eigenvalue weighted by Gasteiger charge is -2.15. The first kappa shape index (κ1) is 11.6. The molecule has 1 aliphatic rings. The lowest BCUT2D eigenvalue weighted by Crippen LogP contribution is -2.26. The van der Waals surface area contributed by atoms with Gasteiger partial charge in [0.2, 0.25) is 5.95 Å². The monoisotopic (exact) mass is 258 g/mol. The van der Waals surface area contributed by atoms with Crippen LogP contribution in [0.1, 0.15) is 21.6 Å². The fourth-order valence-corrected chi connectivity index (χ4v) is 2.12. The van der Waals surface area contributed by atoms with Gasteiger partial charge in [-0.25, -0.2) is 14.4 Å². The van der Waals surface area contributed by atoms with Crippen LogP contribution in [-0.4, -0.2) is 20.8 Å². The Morgan fingerprint density at radius 3 is 2.89 bits per heavy atom. The number of nitrogens with two attached hydrogens (primary N) is 1. The number of halogens is 1. The van der Waals surface area contributed by atoms with Gasteiger partial charge in [-0.3, -0.25) is 4.79 Å². The van der Waals surface area contributed by atoms with Gasteiger partial charge in [-0.05, 0) is 12.1 Å². The van der Waals surface area contributed by atoms with E-state index >= 15 is 0 Å². The summed E-state index contributed by atoms with van der Waals surface area (Å²) < 4.78 is 13.6. The van der Waals surface area contributed by atoms with E-state index in [9.17, 15) is 9.18 Å². The highest BCUT2D eigenvalue weighted by molar-refractivity contribution is 5.94. The molecule has 1 aromatic heterocycles. The van der Waals surface area contributed by atoms with Crippen molar-refractivity contribution in [2.45, 2.75) is 13.1 Å². The van der Waals surface area contributed by atoms with Crippen molar-refractivity contribution in [3.8, 4) is 0 Å². The second kappa shape index (κ2) is 4.31. The molecule has 0 fully saturated rings. The minimum atomic E-state index is -0.519. The molecule has 5 nitrogen and oxygen atoms in total. The standard InChI is InChI=1S/C13H11FN4O/c14-10-4-2-1-3-9(10)12(19)18-6-8-5-16-13(15)17-11(8)7-18/h1-5H,6-7H2,(H2,15,16,17). The van der Waals surface area contributed by atoms with Crippen LogP contribution in [0.4, 0.5) is 10.3 Å². The number of nitrogen functional groups attached to an aromatic ring is 1. The number of benzene rings is 1. The number of carbonyl (C=O) groups excluding carboxylic acids is 1. The van der Waals surface area contributed by atoms with Gasteiger partial charge in [0.05, 0.1) is 17.8 Å². The third kappa shape index (κ3) is 2.01. The van der Waals surface area contributed by atoms with Gasteiger partial charge in [0.25, 0.3) is 5.91 Å². The van der Waals surface area contributed by atoms with Crippen molar-refractivity contribution in [3.63, 3.8) is 0 Å². The zero-order valence-electron chi connectivity index (χ0n) is 10.0. The van der Waals surface area contributed by atoms with Gasteiger partial charge in [0.1, 0.15) is 5.82 Å². The molecule has 6 heteroatoms. The molecule has 0 saturated heterocycles. The normalized spacial score (nSPS) is 13.4. The van der Waals surface area contributed by atoms with Gasteiger partial charge in [0, 0.05) is 18.3 Å². The predicted octanol–water partition coefficient (Wildman–Crippen LogP) is 1.35. The molecule has 2 heterocycles.